The number of carbonyl (C=O) groups excluding carboxylic acids is 1. The molecule has 1 aromatic heterocycles. The zero-order chi connectivity index (χ0) is 14.1. The summed E-state index contributed by atoms with van der Waals surface area (Å²) in [5, 5.41) is 0. The third kappa shape index (κ3) is 2.07. The lowest BCUT2D eigenvalue weighted by atomic mass is 10.1. The van der Waals surface area contributed by atoms with E-state index in [2.05, 4.69) is 4.98 Å². The third-order valence-corrected chi connectivity index (χ3v) is 3.50. The maximum atomic E-state index is 12.4. The molecule has 0 unspecified atom stereocenters. The molecule has 1 aromatic carbocycles. The van der Waals surface area contributed by atoms with Gasteiger partial charge < -0.3 is 10.6 Å². The van der Waals surface area contributed by atoms with E-state index in [1.165, 1.54) is 0 Å². The topological polar surface area (TPSA) is 62.5 Å². The summed E-state index contributed by atoms with van der Waals surface area (Å²) in [6, 6.07) is 11.6. The highest BCUT2D eigenvalue weighted by Crippen LogP contribution is 2.29. The van der Waals surface area contributed by atoms with Crippen molar-refractivity contribution in [2.24, 2.45) is 0 Å². The van der Waals surface area contributed by atoms with Crippen LogP contribution in [0.15, 0.2) is 42.6 Å². The van der Waals surface area contributed by atoms with Crippen molar-refractivity contribution in [2.45, 2.75) is 13.1 Å². The van der Waals surface area contributed by atoms with Crippen LogP contribution in [0, 0.1) is 0 Å². The highest BCUT2D eigenvalue weighted by Gasteiger charge is 2.28. The SMILES string of the molecule is CN1Cc2ccccc2N(Cc2cccnc2N)C1=O. The van der Waals surface area contributed by atoms with Crippen LogP contribution in [0.25, 0.3) is 0 Å². The van der Waals surface area contributed by atoms with Crippen molar-refractivity contribution in [2.75, 3.05) is 17.7 Å². The second-order valence-electron chi connectivity index (χ2n) is 4.90. The van der Waals surface area contributed by atoms with Gasteiger partial charge >= 0.3 is 6.03 Å². The fourth-order valence-corrected chi connectivity index (χ4v) is 2.45. The van der Waals surface area contributed by atoms with Crippen LogP contribution in [0.4, 0.5) is 16.3 Å². The highest BCUT2D eigenvalue weighted by atomic mass is 16.2. The Morgan fingerprint density at radius 2 is 2.05 bits per heavy atom. The van der Waals surface area contributed by atoms with Crippen molar-refractivity contribution < 1.29 is 4.79 Å². The number of nitrogen functional groups attached to an aromatic ring is 1. The molecule has 2 N–H and O–H groups in total. The Morgan fingerprint density at radius 3 is 2.85 bits per heavy atom. The van der Waals surface area contributed by atoms with E-state index in [1.54, 1.807) is 23.0 Å². The first kappa shape index (κ1) is 12.5. The lowest BCUT2D eigenvalue weighted by Crippen LogP contribution is -2.44. The van der Waals surface area contributed by atoms with Gasteiger partial charge in [-0.25, -0.2) is 9.78 Å². The maximum absolute atomic E-state index is 12.4. The van der Waals surface area contributed by atoms with Crippen LogP contribution in [-0.4, -0.2) is 23.0 Å². The molecule has 0 fully saturated rings. The van der Waals surface area contributed by atoms with Crippen LogP contribution in [0.3, 0.4) is 0 Å². The van der Waals surface area contributed by atoms with Crippen LogP contribution in [0.2, 0.25) is 0 Å². The zero-order valence-corrected chi connectivity index (χ0v) is 11.3. The fourth-order valence-electron chi connectivity index (χ4n) is 2.45. The predicted molar refractivity (Wildman–Crippen MR) is 78.1 cm³/mol. The molecule has 0 bridgehead atoms. The van der Waals surface area contributed by atoms with E-state index in [9.17, 15) is 4.79 Å². The molecule has 1 aliphatic heterocycles. The summed E-state index contributed by atoms with van der Waals surface area (Å²) in [5.41, 5.74) is 8.81. The monoisotopic (exact) mass is 268 g/mol. The molecular formula is C15H16N4O. The first-order valence-electron chi connectivity index (χ1n) is 6.46. The average molecular weight is 268 g/mol. The van der Waals surface area contributed by atoms with Crippen molar-refractivity contribution in [1.29, 1.82) is 0 Å². The molecule has 20 heavy (non-hydrogen) atoms. The lowest BCUT2D eigenvalue weighted by Gasteiger charge is -2.35. The molecule has 0 spiro atoms. The van der Waals surface area contributed by atoms with Gasteiger partial charge in [-0.3, -0.25) is 4.90 Å². The van der Waals surface area contributed by atoms with Gasteiger partial charge in [-0.15, -0.1) is 0 Å². The van der Waals surface area contributed by atoms with E-state index in [0.717, 1.165) is 16.8 Å². The largest absolute Gasteiger partial charge is 0.383 e. The molecule has 5 nitrogen and oxygen atoms in total. The molecule has 0 radical (unpaired) electrons. The minimum absolute atomic E-state index is 0.0213. The number of benzene rings is 1. The zero-order valence-electron chi connectivity index (χ0n) is 11.3. The standard InChI is InChI=1S/C15H16N4O/c1-18-9-11-5-2-3-7-13(11)19(15(18)20)10-12-6-4-8-17-14(12)16/h2-8H,9-10H2,1H3,(H2,16,17). The molecule has 1 aliphatic rings. The number of hydrogen-bond donors (Lipinski definition) is 1. The molecule has 2 aromatic rings. The summed E-state index contributed by atoms with van der Waals surface area (Å²) < 4.78 is 0. The number of para-hydroxylation sites is 1. The second-order valence-corrected chi connectivity index (χ2v) is 4.90. The summed E-state index contributed by atoms with van der Waals surface area (Å²) in [5.74, 6) is 0.464. The summed E-state index contributed by atoms with van der Waals surface area (Å²) in [7, 11) is 1.80. The van der Waals surface area contributed by atoms with Crippen LogP contribution in [0.1, 0.15) is 11.1 Å². The maximum Gasteiger partial charge on any atom is 0.324 e. The van der Waals surface area contributed by atoms with Crippen molar-refractivity contribution in [3.05, 3.63) is 53.7 Å². The third-order valence-electron chi connectivity index (χ3n) is 3.50. The molecular weight excluding hydrogens is 252 g/mol. The quantitative estimate of drug-likeness (QED) is 0.908. The Kier molecular flexibility index (Phi) is 3.02. The van der Waals surface area contributed by atoms with Crippen LogP contribution in [0.5, 0.6) is 0 Å². The first-order valence-corrected chi connectivity index (χ1v) is 6.46. The molecule has 3 rings (SSSR count). The van der Waals surface area contributed by atoms with Crippen LogP contribution in [-0.2, 0) is 13.1 Å². The van der Waals surface area contributed by atoms with Crippen molar-refractivity contribution in [1.82, 2.24) is 9.88 Å². The lowest BCUT2D eigenvalue weighted by molar-refractivity contribution is 0.210. The Morgan fingerprint density at radius 1 is 1.25 bits per heavy atom. The molecule has 0 atom stereocenters. The molecule has 5 heteroatoms. The smallest absolute Gasteiger partial charge is 0.324 e. The minimum Gasteiger partial charge on any atom is -0.383 e. The van der Waals surface area contributed by atoms with Gasteiger partial charge in [0.05, 0.1) is 12.2 Å². The summed E-state index contributed by atoms with van der Waals surface area (Å²) in [6.45, 7) is 1.06. The number of nitrogens with zero attached hydrogens (tertiary/aromatic N) is 3. The average Bonchev–Trinajstić information content (AvgIpc) is 2.46. The minimum atomic E-state index is -0.0213. The molecule has 0 aliphatic carbocycles. The van der Waals surface area contributed by atoms with E-state index >= 15 is 0 Å². The number of fused-ring (bicyclic) bond motifs is 1. The predicted octanol–water partition coefficient (Wildman–Crippen LogP) is 2.24. The Bertz CT molecular complexity index is 656. The second kappa shape index (κ2) is 4.85. The van der Waals surface area contributed by atoms with Gasteiger partial charge in [0, 0.05) is 25.4 Å². The molecule has 2 heterocycles. The van der Waals surface area contributed by atoms with Gasteiger partial charge in [-0.05, 0) is 17.7 Å². The number of anilines is 2. The number of carbonyl (C=O) groups is 1. The van der Waals surface area contributed by atoms with Crippen molar-refractivity contribution >= 4 is 17.5 Å². The van der Waals surface area contributed by atoms with Gasteiger partial charge in [-0.2, -0.15) is 0 Å². The summed E-state index contributed by atoms with van der Waals surface area (Å²) in [4.78, 5) is 19.9. The Hall–Kier alpha value is -2.56. The van der Waals surface area contributed by atoms with Crippen LogP contribution >= 0.6 is 0 Å². The molecule has 102 valence electrons. The van der Waals surface area contributed by atoms with Crippen LogP contribution < -0.4 is 10.6 Å². The van der Waals surface area contributed by atoms with E-state index in [0.29, 0.717) is 18.9 Å². The number of aromatic nitrogens is 1. The van der Waals surface area contributed by atoms with Crippen molar-refractivity contribution in [3.63, 3.8) is 0 Å². The van der Waals surface area contributed by atoms with E-state index in [4.69, 9.17) is 5.73 Å². The van der Waals surface area contributed by atoms with E-state index in [1.807, 2.05) is 36.4 Å². The normalized spacial score (nSPS) is 14.3. The van der Waals surface area contributed by atoms with E-state index in [-0.39, 0.29) is 6.03 Å². The van der Waals surface area contributed by atoms with Gasteiger partial charge in [0.15, 0.2) is 0 Å². The summed E-state index contributed by atoms with van der Waals surface area (Å²) >= 11 is 0. The Labute approximate surface area is 117 Å². The Balaban J connectivity index is 2.00. The van der Waals surface area contributed by atoms with Gasteiger partial charge in [0.1, 0.15) is 5.82 Å². The molecule has 2 amide bonds. The molecule has 0 saturated heterocycles. The highest BCUT2D eigenvalue weighted by molar-refractivity contribution is 5.94. The van der Waals surface area contributed by atoms with Gasteiger partial charge in [0.2, 0.25) is 0 Å². The number of amides is 2. The number of nitrogens with two attached hydrogens (primary N) is 1. The van der Waals surface area contributed by atoms with E-state index < -0.39 is 0 Å². The fraction of sp³-hybridized carbons (Fsp3) is 0.200. The number of rotatable bonds is 2. The van der Waals surface area contributed by atoms with Crippen molar-refractivity contribution in [3.8, 4) is 0 Å². The molecule has 0 saturated carbocycles. The van der Waals surface area contributed by atoms with Gasteiger partial charge in [0.25, 0.3) is 0 Å². The summed E-state index contributed by atoms with van der Waals surface area (Å²) in [6.07, 6.45) is 1.65. The number of hydrogen-bond acceptors (Lipinski definition) is 3. The first-order chi connectivity index (χ1) is 9.66. The number of urea groups is 1. The number of pyridine rings is 1. The van der Waals surface area contributed by atoms with Gasteiger partial charge in [-0.1, -0.05) is 24.3 Å².